The van der Waals surface area contributed by atoms with Crippen LogP contribution >= 0.6 is 0 Å². The van der Waals surface area contributed by atoms with Crippen molar-refractivity contribution < 1.29 is 19.2 Å². The maximum Gasteiger partial charge on any atom is 0.376 e. The molecule has 0 aromatic heterocycles. The molecule has 0 saturated carbocycles. The normalized spacial score (nSPS) is 19.5. The van der Waals surface area contributed by atoms with Gasteiger partial charge < -0.3 is 9.74 Å². The van der Waals surface area contributed by atoms with E-state index in [4.69, 9.17) is 0 Å². The van der Waals surface area contributed by atoms with Crippen LogP contribution in [0.2, 0.25) is 0 Å². The second kappa shape index (κ2) is 7.27. The first kappa shape index (κ1) is 16.8. The lowest BCUT2D eigenvalue weighted by molar-refractivity contribution is -0.142. The van der Waals surface area contributed by atoms with E-state index in [2.05, 4.69) is 15.4 Å². The summed E-state index contributed by atoms with van der Waals surface area (Å²) in [6, 6.07) is 8.46. The van der Waals surface area contributed by atoms with Gasteiger partial charge in [0.1, 0.15) is 11.4 Å². The largest absolute Gasteiger partial charge is 0.376 e. The monoisotopic (exact) mass is 342 g/mol. The highest BCUT2D eigenvalue weighted by atomic mass is 16.7. The Balaban J connectivity index is 1.95. The van der Waals surface area contributed by atoms with Gasteiger partial charge in [0.25, 0.3) is 11.8 Å². The van der Waals surface area contributed by atoms with Crippen LogP contribution < -0.4 is 5.59 Å². The molecule has 1 N–H and O–H groups in total. The van der Waals surface area contributed by atoms with E-state index in [-0.39, 0.29) is 17.3 Å². The van der Waals surface area contributed by atoms with Crippen molar-refractivity contribution in [3.63, 3.8) is 0 Å². The minimum absolute atomic E-state index is 0.0850. The van der Waals surface area contributed by atoms with Gasteiger partial charge in [-0.1, -0.05) is 23.8 Å². The summed E-state index contributed by atoms with van der Waals surface area (Å²) in [5.74, 6) is -1.55. The molecule has 1 aromatic rings. The summed E-state index contributed by atoms with van der Waals surface area (Å²) >= 11 is 0. The summed E-state index contributed by atoms with van der Waals surface area (Å²) in [7, 11) is 1.56. The minimum Gasteiger partial charge on any atom is -0.345 e. The lowest BCUT2D eigenvalue weighted by atomic mass is 10.2. The third-order valence-corrected chi connectivity index (χ3v) is 3.97. The van der Waals surface area contributed by atoms with Crippen molar-refractivity contribution in [1.29, 1.82) is 0 Å². The highest BCUT2D eigenvalue weighted by molar-refractivity contribution is 6.45. The van der Waals surface area contributed by atoms with Crippen LogP contribution in [0.1, 0.15) is 23.2 Å². The molecule has 0 bridgehead atoms. The van der Waals surface area contributed by atoms with Crippen LogP contribution in [0.3, 0.4) is 0 Å². The molecule has 0 spiro atoms. The molecule has 2 amide bonds. The van der Waals surface area contributed by atoms with Gasteiger partial charge in [0.2, 0.25) is 0 Å². The van der Waals surface area contributed by atoms with Gasteiger partial charge in [-0.05, 0) is 25.0 Å². The maximum absolute atomic E-state index is 12.7. The van der Waals surface area contributed by atoms with Crippen LogP contribution in [0, 0.1) is 0 Å². The number of nitrogens with zero attached hydrogens (tertiary/aromatic N) is 3. The third-order valence-electron chi connectivity index (χ3n) is 3.97. The number of amides is 2. The summed E-state index contributed by atoms with van der Waals surface area (Å²) in [4.78, 5) is 47.1. The Labute approximate surface area is 144 Å². The zero-order chi connectivity index (χ0) is 17.8. The Morgan fingerprint density at radius 1 is 1.20 bits per heavy atom. The molecule has 1 aromatic carbocycles. The van der Waals surface area contributed by atoms with Crippen molar-refractivity contribution in [3.05, 3.63) is 47.7 Å². The van der Waals surface area contributed by atoms with Gasteiger partial charge >= 0.3 is 5.97 Å². The molecule has 2 aliphatic heterocycles. The number of rotatable bonds is 3. The maximum atomic E-state index is 12.7. The first-order valence-electron chi connectivity index (χ1n) is 7.96. The highest BCUT2D eigenvalue weighted by Crippen LogP contribution is 2.13. The van der Waals surface area contributed by atoms with Crippen LogP contribution in [0.4, 0.5) is 0 Å². The Kier molecular flexibility index (Phi) is 4.90. The molecule has 2 fully saturated rings. The molecule has 2 saturated heterocycles. The molecule has 0 radical (unpaired) electrons. The number of likely N-dealkylation sites (N-methyl/N-ethyl adjacent to an activating group) is 1. The Morgan fingerprint density at radius 3 is 2.48 bits per heavy atom. The average Bonchev–Trinajstić information content (AvgIpc) is 3.27. The van der Waals surface area contributed by atoms with E-state index in [9.17, 15) is 14.4 Å². The van der Waals surface area contributed by atoms with Gasteiger partial charge in [0.15, 0.2) is 0 Å². The molecule has 130 valence electrons. The number of carbonyl (C=O) groups excluding carboxylic acids is 3. The van der Waals surface area contributed by atoms with Crippen LogP contribution in [0.25, 0.3) is 0 Å². The molecule has 2 heterocycles. The predicted molar refractivity (Wildman–Crippen MR) is 89.1 cm³/mol. The molecule has 8 heteroatoms. The number of hydrogen-bond donors (Lipinski definition) is 1. The van der Waals surface area contributed by atoms with Gasteiger partial charge in [-0.15, -0.1) is 0 Å². The fourth-order valence-corrected chi connectivity index (χ4v) is 2.61. The summed E-state index contributed by atoms with van der Waals surface area (Å²) in [5, 5.41) is 1.32. The molecular weight excluding hydrogens is 324 g/mol. The third kappa shape index (κ3) is 3.74. The smallest absolute Gasteiger partial charge is 0.345 e. The topological polar surface area (TPSA) is 91.3 Å². The minimum atomic E-state index is -0.642. The number of hydrogen-bond acceptors (Lipinski definition) is 6. The molecule has 0 aliphatic carbocycles. The van der Waals surface area contributed by atoms with E-state index in [1.54, 1.807) is 42.3 Å². The van der Waals surface area contributed by atoms with Crippen LogP contribution in [0.15, 0.2) is 47.1 Å². The number of hydrazine groups is 1. The Hall–Kier alpha value is -3.00. The average molecular weight is 342 g/mol. The van der Waals surface area contributed by atoms with Crippen LogP contribution in [0.5, 0.6) is 0 Å². The van der Waals surface area contributed by atoms with E-state index in [1.165, 1.54) is 11.1 Å². The molecule has 0 atom stereocenters. The van der Waals surface area contributed by atoms with Crippen molar-refractivity contribution in [2.24, 2.45) is 4.99 Å². The first-order chi connectivity index (χ1) is 12.1. The number of nitrogens with one attached hydrogen (secondary N) is 1. The van der Waals surface area contributed by atoms with Gasteiger partial charge in [-0.25, -0.2) is 9.79 Å². The van der Waals surface area contributed by atoms with Crippen LogP contribution in [-0.2, 0) is 14.4 Å². The lowest BCUT2D eigenvalue weighted by Gasteiger charge is -2.15. The predicted octanol–water partition coefficient (Wildman–Crippen LogP) is 0.682. The highest BCUT2D eigenvalue weighted by Gasteiger charge is 2.29. The van der Waals surface area contributed by atoms with Crippen molar-refractivity contribution in [3.8, 4) is 0 Å². The number of aliphatic imine (C=N–C) groups is 1. The van der Waals surface area contributed by atoms with E-state index in [0.29, 0.717) is 18.7 Å². The van der Waals surface area contributed by atoms with Crippen molar-refractivity contribution in [2.75, 3.05) is 20.1 Å². The standard InChI is InChI=1S/C17H18N4O4/c1-20-14(17(24)25-19-20)11-13(16(23)21-9-5-6-10-21)18-15(22)12-7-3-2-4-8-12/h2-4,7-8,11,19H,5-6,9-10H2,1H3/b14-11+,18-13?. The number of likely N-dealkylation sites (tertiary alicyclic amines) is 1. The quantitative estimate of drug-likeness (QED) is 0.642. The summed E-state index contributed by atoms with van der Waals surface area (Å²) < 4.78 is 0. The molecular formula is C17H18N4O4. The van der Waals surface area contributed by atoms with Gasteiger partial charge in [-0.2, -0.15) is 0 Å². The van der Waals surface area contributed by atoms with Crippen molar-refractivity contribution in [1.82, 2.24) is 15.5 Å². The van der Waals surface area contributed by atoms with E-state index in [0.717, 1.165) is 12.8 Å². The summed E-state index contributed by atoms with van der Waals surface area (Å²) in [5.41, 5.74) is 2.76. The van der Waals surface area contributed by atoms with E-state index in [1.807, 2.05) is 0 Å². The van der Waals surface area contributed by atoms with Gasteiger partial charge in [0, 0.05) is 31.8 Å². The zero-order valence-corrected chi connectivity index (χ0v) is 13.8. The first-order valence-corrected chi connectivity index (χ1v) is 7.96. The molecule has 2 aliphatic rings. The second-order valence-corrected chi connectivity index (χ2v) is 5.74. The molecule has 0 unspecified atom stereocenters. The van der Waals surface area contributed by atoms with Gasteiger partial charge in [0.05, 0.1) is 0 Å². The number of carbonyl (C=O) groups is 3. The summed E-state index contributed by atoms with van der Waals surface area (Å²) in [6.07, 6.45) is 3.10. The second-order valence-electron chi connectivity index (χ2n) is 5.74. The molecule has 3 rings (SSSR count). The van der Waals surface area contributed by atoms with Crippen molar-refractivity contribution in [2.45, 2.75) is 12.8 Å². The Bertz CT molecular complexity index is 751. The fraction of sp³-hybridized carbons (Fsp3) is 0.294. The fourth-order valence-electron chi connectivity index (χ4n) is 2.61. The molecule has 8 nitrogen and oxygen atoms in total. The van der Waals surface area contributed by atoms with Crippen molar-refractivity contribution >= 4 is 23.5 Å². The SMILES string of the molecule is CN1NOC(=O)/C1=C\C(=NC(=O)c1ccccc1)C(=O)N1CCCC1. The van der Waals surface area contributed by atoms with Gasteiger partial charge in [-0.3, -0.25) is 14.6 Å². The van der Waals surface area contributed by atoms with Crippen LogP contribution in [-0.4, -0.2) is 53.5 Å². The van der Waals surface area contributed by atoms with E-state index >= 15 is 0 Å². The van der Waals surface area contributed by atoms with E-state index < -0.39 is 11.9 Å². The lowest BCUT2D eigenvalue weighted by Crippen LogP contribution is -2.34. The molecule has 25 heavy (non-hydrogen) atoms. The number of benzene rings is 1. The Morgan fingerprint density at radius 2 is 1.88 bits per heavy atom. The zero-order valence-electron chi connectivity index (χ0n) is 13.8. The summed E-state index contributed by atoms with van der Waals surface area (Å²) in [6.45, 7) is 1.22.